The molecule has 0 saturated heterocycles. The molecular weight excluding hydrogens is 324 g/mol. The Bertz CT molecular complexity index is 421. The third kappa shape index (κ3) is 9.89. The Morgan fingerprint density at radius 3 is 1.80 bits per heavy atom. The van der Waals surface area contributed by atoms with Gasteiger partial charge in [0.1, 0.15) is 0 Å². The topological polar surface area (TPSA) is 66.4 Å². The second kappa shape index (κ2) is 13.2. The van der Waals surface area contributed by atoms with Gasteiger partial charge in [-0.05, 0) is 18.4 Å². The van der Waals surface area contributed by atoms with E-state index in [1.54, 1.807) is 0 Å². The molecule has 0 heterocycles. The zero-order chi connectivity index (χ0) is 17.6. The number of aliphatic hydroxyl groups excluding tert-OH is 1. The highest BCUT2D eigenvalue weighted by Crippen LogP contribution is 2.22. The van der Waals surface area contributed by atoms with Crippen LogP contribution in [0.15, 0.2) is 30.3 Å². The number of aliphatic hydroxyl groups is 1. The Kier molecular flexibility index (Phi) is 10.7. The van der Waals surface area contributed by atoms with E-state index in [9.17, 15) is 0 Å². The lowest BCUT2D eigenvalue weighted by molar-refractivity contribution is -0.0864. The molecule has 25 heavy (non-hydrogen) atoms. The predicted octanol–water partition coefficient (Wildman–Crippen LogP) is 1.79. The average Bonchev–Trinajstić information content (AvgIpc) is 2.61. The van der Waals surface area contributed by atoms with Crippen LogP contribution >= 0.6 is 0 Å². The van der Waals surface area contributed by atoms with Crippen LogP contribution in [-0.4, -0.2) is 70.2 Å². The van der Waals surface area contributed by atoms with Gasteiger partial charge in [0.15, 0.2) is 0 Å². The van der Waals surface area contributed by atoms with Gasteiger partial charge in [0, 0.05) is 0 Å². The van der Waals surface area contributed by atoms with Gasteiger partial charge in [0.25, 0.3) is 0 Å². The van der Waals surface area contributed by atoms with Gasteiger partial charge in [0.05, 0.1) is 71.7 Å². The fourth-order valence-corrected chi connectivity index (χ4v) is 2.37. The van der Waals surface area contributed by atoms with Crippen molar-refractivity contribution in [2.75, 3.05) is 52.9 Å². The minimum atomic E-state index is -0.169. The van der Waals surface area contributed by atoms with E-state index in [1.807, 2.05) is 30.3 Å². The maximum atomic E-state index is 9.12. The van der Waals surface area contributed by atoms with Crippen LogP contribution in [0.5, 0.6) is 0 Å². The van der Waals surface area contributed by atoms with Crippen molar-refractivity contribution in [3.8, 4) is 0 Å². The van der Waals surface area contributed by atoms with E-state index in [0.29, 0.717) is 59.5 Å². The van der Waals surface area contributed by atoms with Crippen molar-refractivity contribution in [3.63, 3.8) is 0 Å². The van der Waals surface area contributed by atoms with E-state index in [4.69, 9.17) is 28.8 Å². The molecule has 0 bridgehead atoms. The molecule has 0 aliphatic heterocycles. The lowest BCUT2D eigenvalue weighted by Crippen LogP contribution is -2.36. The normalized spacial score (nSPS) is 19.7. The summed E-state index contributed by atoms with van der Waals surface area (Å²) in [7, 11) is 0. The summed E-state index contributed by atoms with van der Waals surface area (Å²) in [6.45, 7) is 5.11. The van der Waals surface area contributed by atoms with Gasteiger partial charge in [-0.2, -0.15) is 0 Å². The molecule has 0 atom stereocenters. The van der Waals surface area contributed by atoms with Gasteiger partial charge >= 0.3 is 0 Å². The smallest absolute Gasteiger partial charge is 0.0718 e. The van der Waals surface area contributed by atoms with E-state index in [-0.39, 0.29) is 12.2 Å². The Hall–Kier alpha value is -1.02. The van der Waals surface area contributed by atoms with E-state index in [1.165, 1.54) is 5.56 Å². The van der Waals surface area contributed by atoms with Gasteiger partial charge in [-0.3, -0.25) is 0 Å². The third-order valence-corrected chi connectivity index (χ3v) is 3.88. The second-order valence-corrected chi connectivity index (χ2v) is 5.99. The molecule has 0 radical (unpaired) electrons. The molecule has 6 heteroatoms. The number of ether oxygens (including phenoxy) is 5. The van der Waals surface area contributed by atoms with Crippen LogP contribution in [0.2, 0.25) is 0 Å². The molecule has 1 fully saturated rings. The maximum Gasteiger partial charge on any atom is 0.0718 e. The molecule has 0 aromatic heterocycles. The predicted molar refractivity (Wildman–Crippen MR) is 93.5 cm³/mol. The Morgan fingerprint density at radius 1 is 0.720 bits per heavy atom. The number of hydrogen-bond acceptors (Lipinski definition) is 6. The molecule has 1 saturated carbocycles. The summed E-state index contributed by atoms with van der Waals surface area (Å²) in [4.78, 5) is 0. The lowest BCUT2D eigenvalue weighted by Gasteiger charge is -2.31. The molecule has 6 nitrogen and oxygen atoms in total. The Balaban J connectivity index is 1.24. The van der Waals surface area contributed by atoms with Gasteiger partial charge in [-0.1, -0.05) is 30.3 Å². The van der Waals surface area contributed by atoms with Crippen molar-refractivity contribution >= 4 is 0 Å². The van der Waals surface area contributed by atoms with Crippen LogP contribution in [0.3, 0.4) is 0 Å². The minimum Gasteiger partial charge on any atom is -0.393 e. The molecule has 142 valence electrons. The van der Waals surface area contributed by atoms with Crippen molar-refractivity contribution in [3.05, 3.63) is 35.9 Å². The molecule has 1 aliphatic rings. The third-order valence-electron chi connectivity index (χ3n) is 3.88. The van der Waals surface area contributed by atoms with E-state index < -0.39 is 0 Å². The highest BCUT2D eigenvalue weighted by atomic mass is 16.6. The summed E-state index contributed by atoms with van der Waals surface area (Å²) in [5.41, 5.74) is 1.17. The fourth-order valence-electron chi connectivity index (χ4n) is 2.37. The molecule has 1 aliphatic carbocycles. The number of hydrogen-bond donors (Lipinski definition) is 1. The quantitative estimate of drug-likeness (QED) is 0.485. The summed E-state index contributed by atoms with van der Waals surface area (Å²) < 4.78 is 27.3. The first-order valence-electron chi connectivity index (χ1n) is 8.99. The molecule has 1 aromatic carbocycles. The molecular formula is C19H30O6. The summed E-state index contributed by atoms with van der Waals surface area (Å²) in [6, 6.07) is 10.1. The van der Waals surface area contributed by atoms with Crippen molar-refractivity contribution in [2.24, 2.45) is 0 Å². The monoisotopic (exact) mass is 354 g/mol. The van der Waals surface area contributed by atoms with Crippen molar-refractivity contribution in [1.29, 1.82) is 0 Å². The van der Waals surface area contributed by atoms with Crippen LogP contribution in [0.4, 0.5) is 0 Å². The Labute approximate surface area is 150 Å². The van der Waals surface area contributed by atoms with Crippen molar-refractivity contribution in [2.45, 2.75) is 31.7 Å². The molecule has 0 spiro atoms. The van der Waals surface area contributed by atoms with Gasteiger partial charge < -0.3 is 28.8 Å². The van der Waals surface area contributed by atoms with E-state index in [2.05, 4.69) is 0 Å². The molecule has 2 rings (SSSR count). The van der Waals surface area contributed by atoms with Gasteiger partial charge in [0.2, 0.25) is 0 Å². The summed E-state index contributed by atoms with van der Waals surface area (Å²) in [5.74, 6) is 0. The van der Waals surface area contributed by atoms with Gasteiger partial charge in [-0.15, -0.1) is 0 Å². The highest BCUT2D eigenvalue weighted by molar-refractivity contribution is 5.13. The minimum absolute atomic E-state index is 0.169. The van der Waals surface area contributed by atoms with Crippen molar-refractivity contribution < 1.29 is 28.8 Å². The van der Waals surface area contributed by atoms with E-state index in [0.717, 1.165) is 12.8 Å². The van der Waals surface area contributed by atoms with Crippen LogP contribution < -0.4 is 0 Å². The first-order chi connectivity index (χ1) is 12.3. The van der Waals surface area contributed by atoms with Crippen LogP contribution in [0.1, 0.15) is 18.4 Å². The largest absolute Gasteiger partial charge is 0.393 e. The zero-order valence-electron chi connectivity index (χ0n) is 14.8. The van der Waals surface area contributed by atoms with Gasteiger partial charge in [-0.25, -0.2) is 0 Å². The SMILES string of the molecule is O[C@H]1C[C@H](OCCOCCOCCOCCOCc2ccccc2)C1. The maximum absolute atomic E-state index is 9.12. The first-order valence-corrected chi connectivity index (χ1v) is 8.99. The molecule has 1 aromatic rings. The molecule has 0 amide bonds. The average molecular weight is 354 g/mol. The Morgan fingerprint density at radius 2 is 1.24 bits per heavy atom. The van der Waals surface area contributed by atoms with Crippen LogP contribution in [0, 0.1) is 0 Å². The van der Waals surface area contributed by atoms with Crippen molar-refractivity contribution in [1.82, 2.24) is 0 Å². The molecule has 0 unspecified atom stereocenters. The second-order valence-electron chi connectivity index (χ2n) is 5.99. The summed E-state index contributed by atoms with van der Waals surface area (Å²) in [5, 5.41) is 9.12. The first kappa shape index (κ1) is 20.3. The number of benzene rings is 1. The standard InChI is InChI=1S/C19H30O6/c20-18-14-19(15-18)25-13-12-23-9-8-21-6-7-22-10-11-24-16-17-4-2-1-3-5-17/h1-5,18-20H,6-16H2/t18-,19-. The van der Waals surface area contributed by atoms with Crippen LogP contribution in [0.25, 0.3) is 0 Å². The fraction of sp³-hybridized carbons (Fsp3) is 0.684. The lowest BCUT2D eigenvalue weighted by atomic mass is 9.92. The van der Waals surface area contributed by atoms with Crippen LogP contribution in [-0.2, 0) is 30.3 Å². The highest BCUT2D eigenvalue weighted by Gasteiger charge is 2.27. The summed E-state index contributed by atoms with van der Waals surface area (Å²) >= 11 is 0. The zero-order valence-corrected chi connectivity index (χ0v) is 14.8. The number of rotatable bonds is 15. The summed E-state index contributed by atoms with van der Waals surface area (Å²) in [6.07, 6.45) is 1.54. The van der Waals surface area contributed by atoms with E-state index >= 15 is 0 Å². The molecule has 1 N–H and O–H groups in total.